The third kappa shape index (κ3) is 2.99. The van der Waals surface area contributed by atoms with Crippen molar-refractivity contribution in [3.05, 3.63) is 28.8 Å². The SMILES string of the molecule is CCC(C)(CN)C(=O)Nc1cccc(Cl)c1C. The lowest BCUT2D eigenvalue weighted by atomic mass is 9.86. The summed E-state index contributed by atoms with van der Waals surface area (Å²) in [5, 5.41) is 3.54. The maximum Gasteiger partial charge on any atom is 0.231 e. The highest BCUT2D eigenvalue weighted by molar-refractivity contribution is 6.31. The number of rotatable bonds is 4. The maximum atomic E-state index is 12.1. The van der Waals surface area contributed by atoms with Crippen LogP contribution >= 0.6 is 11.6 Å². The lowest BCUT2D eigenvalue weighted by Gasteiger charge is -2.25. The molecule has 17 heavy (non-hydrogen) atoms. The normalized spacial score (nSPS) is 14.2. The van der Waals surface area contributed by atoms with Gasteiger partial charge < -0.3 is 11.1 Å². The Kier molecular flexibility index (Phi) is 4.54. The summed E-state index contributed by atoms with van der Waals surface area (Å²) in [4.78, 5) is 12.1. The van der Waals surface area contributed by atoms with Crippen LogP contribution in [0.2, 0.25) is 5.02 Å². The van der Waals surface area contributed by atoms with E-state index in [-0.39, 0.29) is 5.91 Å². The van der Waals surface area contributed by atoms with Crippen LogP contribution in [0.3, 0.4) is 0 Å². The standard InChI is InChI=1S/C13H19ClN2O/c1-4-13(3,8-15)12(17)16-11-7-5-6-10(14)9(11)2/h5-7H,4,8,15H2,1-3H3,(H,16,17). The molecule has 4 heteroatoms. The highest BCUT2D eigenvalue weighted by Gasteiger charge is 2.29. The zero-order valence-electron chi connectivity index (χ0n) is 10.5. The summed E-state index contributed by atoms with van der Waals surface area (Å²) in [6, 6.07) is 5.46. The van der Waals surface area contributed by atoms with Crippen molar-refractivity contribution in [2.24, 2.45) is 11.1 Å². The van der Waals surface area contributed by atoms with Gasteiger partial charge in [-0.25, -0.2) is 0 Å². The summed E-state index contributed by atoms with van der Waals surface area (Å²) in [7, 11) is 0. The fourth-order valence-corrected chi connectivity index (χ4v) is 1.59. The second kappa shape index (κ2) is 5.52. The Bertz CT molecular complexity index is 414. The summed E-state index contributed by atoms with van der Waals surface area (Å²) in [5.74, 6) is -0.0622. The lowest BCUT2D eigenvalue weighted by molar-refractivity contribution is -0.124. The summed E-state index contributed by atoms with van der Waals surface area (Å²) < 4.78 is 0. The first-order chi connectivity index (χ1) is 7.94. The van der Waals surface area contributed by atoms with Gasteiger partial charge in [0.2, 0.25) is 5.91 Å². The number of amides is 1. The molecule has 1 atom stereocenters. The van der Waals surface area contributed by atoms with Crippen molar-refractivity contribution in [2.75, 3.05) is 11.9 Å². The monoisotopic (exact) mass is 254 g/mol. The number of nitrogens with one attached hydrogen (secondary N) is 1. The topological polar surface area (TPSA) is 55.1 Å². The Balaban J connectivity index is 2.92. The second-order valence-corrected chi connectivity index (χ2v) is 4.89. The minimum Gasteiger partial charge on any atom is -0.329 e. The highest BCUT2D eigenvalue weighted by atomic mass is 35.5. The van der Waals surface area contributed by atoms with E-state index >= 15 is 0 Å². The molecule has 0 bridgehead atoms. The van der Waals surface area contributed by atoms with E-state index in [1.807, 2.05) is 32.9 Å². The fraction of sp³-hybridized carbons (Fsp3) is 0.462. The summed E-state index contributed by atoms with van der Waals surface area (Å²) in [5.41, 5.74) is 6.74. The van der Waals surface area contributed by atoms with E-state index in [2.05, 4.69) is 5.32 Å². The molecular formula is C13H19ClN2O. The zero-order chi connectivity index (χ0) is 13.1. The molecule has 1 aromatic carbocycles. The molecule has 94 valence electrons. The first kappa shape index (κ1) is 14.0. The van der Waals surface area contributed by atoms with Crippen molar-refractivity contribution < 1.29 is 4.79 Å². The Morgan fingerprint density at radius 2 is 2.18 bits per heavy atom. The molecule has 1 amide bonds. The molecule has 0 aliphatic heterocycles. The molecule has 1 aromatic rings. The Morgan fingerprint density at radius 1 is 1.53 bits per heavy atom. The van der Waals surface area contributed by atoms with Crippen molar-refractivity contribution in [1.82, 2.24) is 0 Å². The van der Waals surface area contributed by atoms with Crippen LogP contribution in [0.5, 0.6) is 0 Å². The lowest BCUT2D eigenvalue weighted by Crippen LogP contribution is -2.39. The number of benzene rings is 1. The van der Waals surface area contributed by atoms with Crippen LogP contribution in [-0.2, 0) is 4.79 Å². The van der Waals surface area contributed by atoms with Crippen LogP contribution in [0.25, 0.3) is 0 Å². The van der Waals surface area contributed by atoms with Crippen LogP contribution < -0.4 is 11.1 Å². The van der Waals surface area contributed by atoms with Gasteiger partial charge in [0.1, 0.15) is 0 Å². The molecule has 0 aromatic heterocycles. The number of anilines is 1. The van der Waals surface area contributed by atoms with Crippen molar-refractivity contribution >= 4 is 23.2 Å². The van der Waals surface area contributed by atoms with Crippen LogP contribution in [-0.4, -0.2) is 12.5 Å². The van der Waals surface area contributed by atoms with Crippen LogP contribution in [0.15, 0.2) is 18.2 Å². The molecule has 3 nitrogen and oxygen atoms in total. The van der Waals surface area contributed by atoms with Gasteiger partial charge in [0.05, 0.1) is 5.41 Å². The van der Waals surface area contributed by atoms with Gasteiger partial charge in [-0.05, 0) is 38.0 Å². The van der Waals surface area contributed by atoms with Crippen molar-refractivity contribution in [3.8, 4) is 0 Å². The predicted molar refractivity (Wildman–Crippen MR) is 72.3 cm³/mol. The van der Waals surface area contributed by atoms with Gasteiger partial charge in [-0.2, -0.15) is 0 Å². The van der Waals surface area contributed by atoms with E-state index in [4.69, 9.17) is 17.3 Å². The largest absolute Gasteiger partial charge is 0.329 e. The van der Waals surface area contributed by atoms with E-state index in [1.54, 1.807) is 6.07 Å². The number of halogens is 1. The number of nitrogens with two attached hydrogens (primary N) is 1. The molecule has 0 saturated carbocycles. The Morgan fingerprint density at radius 3 is 2.71 bits per heavy atom. The number of hydrogen-bond acceptors (Lipinski definition) is 2. The smallest absolute Gasteiger partial charge is 0.231 e. The molecule has 0 heterocycles. The average Bonchev–Trinajstić information content (AvgIpc) is 2.33. The predicted octanol–water partition coefficient (Wildman–Crippen LogP) is 2.96. The van der Waals surface area contributed by atoms with Gasteiger partial charge in [0, 0.05) is 17.3 Å². The summed E-state index contributed by atoms with van der Waals surface area (Å²) in [6.45, 7) is 6.03. The molecule has 0 radical (unpaired) electrons. The number of carbonyl (C=O) groups is 1. The van der Waals surface area contributed by atoms with E-state index in [1.165, 1.54) is 0 Å². The molecule has 0 aliphatic carbocycles. The van der Waals surface area contributed by atoms with Gasteiger partial charge >= 0.3 is 0 Å². The quantitative estimate of drug-likeness (QED) is 0.868. The van der Waals surface area contributed by atoms with Crippen LogP contribution in [0.1, 0.15) is 25.8 Å². The first-order valence-corrected chi connectivity index (χ1v) is 6.09. The summed E-state index contributed by atoms with van der Waals surface area (Å²) in [6.07, 6.45) is 0.703. The second-order valence-electron chi connectivity index (χ2n) is 4.48. The minimum absolute atomic E-state index is 0.0622. The van der Waals surface area contributed by atoms with Crippen molar-refractivity contribution in [1.29, 1.82) is 0 Å². The van der Waals surface area contributed by atoms with Gasteiger partial charge in [0.15, 0.2) is 0 Å². The van der Waals surface area contributed by atoms with Gasteiger partial charge in [-0.15, -0.1) is 0 Å². The maximum absolute atomic E-state index is 12.1. The molecule has 0 spiro atoms. The zero-order valence-corrected chi connectivity index (χ0v) is 11.3. The van der Waals surface area contributed by atoms with Gasteiger partial charge in [-0.3, -0.25) is 4.79 Å². The molecule has 1 unspecified atom stereocenters. The first-order valence-electron chi connectivity index (χ1n) is 5.71. The molecular weight excluding hydrogens is 236 g/mol. The molecule has 0 fully saturated rings. The Labute approximate surface area is 107 Å². The number of hydrogen-bond donors (Lipinski definition) is 2. The van der Waals surface area contributed by atoms with Crippen molar-refractivity contribution in [3.63, 3.8) is 0 Å². The molecule has 3 N–H and O–H groups in total. The third-order valence-electron chi connectivity index (χ3n) is 3.29. The van der Waals surface area contributed by atoms with Crippen molar-refractivity contribution in [2.45, 2.75) is 27.2 Å². The third-order valence-corrected chi connectivity index (χ3v) is 3.70. The fourth-order valence-electron chi connectivity index (χ4n) is 1.41. The van der Waals surface area contributed by atoms with Crippen LogP contribution in [0.4, 0.5) is 5.69 Å². The molecule has 0 aliphatic rings. The van der Waals surface area contributed by atoms with E-state index in [9.17, 15) is 4.79 Å². The molecule has 1 rings (SSSR count). The van der Waals surface area contributed by atoms with E-state index in [0.717, 1.165) is 11.3 Å². The molecule has 0 saturated heterocycles. The van der Waals surface area contributed by atoms with Crippen LogP contribution in [0, 0.1) is 12.3 Å². The highest BCUT2D eigenvalue weighted by Crippen LogP contribution is 2.26. The van der Waals surface area contributed by atoms with Gasteiger partial charge in [0.25, 0.3) is 0 Å². The van der Waals surface area contributed by atoms with E-state index in [0.29, 0.717) is 18.0 Å². The van der Waals surface area contributed by atoms with Gasteiger partial charge in [-0.1, -0.05) is 24.6 Å². The van der Waals surface area contributed by atoms with E-state index < -0.39 is 5.41 Å². The summed E-state index contributed by atoms with van der Waals surface area (Å²) >= 11 is 6.00. The Hall–Kier alpha value is -1.06. The average molecular weight is 255 g/mol. The minimum atomic E-state index is -0.533. The number of carbonyl (C=O) groups excluding carboxylic acids is 1.